The molecule has 0 radical (unpaired) electrons. The molecule has 0 spiro atoms. The Morgan fingerprint density at radius 2 is 2.25 bits per heavy atom. The first-order valence-electron chi connectivity index (χ1n) is 7.36. The van der Waals surface area contributed by atoms with E-state index in [0.717, 1.165) is 5.13 Å². The normalized spacial score (nSPS) is 14.5. The first-order chi connectivity index (χ1) is 11.4. The summed E-state index contributed by atoms with van der Waals surface area (Å²) in [5.41, 5.74) is -0.261. The zero-order valence-corrected chi connectivity index (χ0v) is 16.3. The number of anilines is 2. The monoisotopic (exact) mass is 430 g/mol. The molecular weight excluding hydrogens is 415 g/mol. The van der Waals surface area contributed by atoms with Gasteiger partial charge in [0.05, 0.1) is 11.1 Å². The van der Waals surface area contributed by atoms with E-state index in [2.05, 4.69) is 35.9 Å². The zero-order chi connectivity index (χ0) is 17.3. The summed E-state index contributed by atoms with van der Waals surface area (Å²) in [5, 5.41) is 5.83. The van der Waals surface area contributed by atoms with Gasteiger partial charge in [0.15, 0.2) is 16.8 Å². The van der Waals surface area contributed by atoms with E-state index in [1.807, 2.05) is 5.38 Å². The summed E-state index contributed by atoms with van der Waals surface area (Å²) < 4.78 is 17.6. The molecule has 1 amide bonds. The van der Waals surface area contributed by atoms with Gasteiger partial charge in [-0.15, -0.1) is 11.3 Å². The number of rotatable bonds is 6. The minimum Gasteiger partial charge on any atom is -0.307 e. The molecule has 2 N–H and O–H groups in total. The van der Waals surface area contributed by atoms with Gasteiger partial charge in [-0.3, -0.25) is 4.79 Å². The predicted octanol–water partition coefficient (Wildman–Crippen LogP) is 4.58. The van der Waals surface area contributed by atoms with Crippen molar-refractivity contribution in [2.45, 2.75) is 37.4 Å². The van der Waals surface area contributed by atoms with Gasteiger partial charge in [0.1, 0.15) is 0 Å². The maximum atomic E-state index is 13.9. The van der Waals surface area contributed by atoms with Gasteiger partial charge < -0.3 is 10.0 Å². The molecule has 0 bridgehead atoms. The third kappa shape index (κ3) is 4.07. The van der Waals surface area contributed by atoms with Crippen molar-refractivity contribution in [2.24, 2.45) is 0 Å². The lowest BCUT2D eigenvalue weighted by Crippen LogP contribution is -2.35. The van der Waals surface area contributed by atoms with Crippen molar-refractivity contribution in [3.63, 3.8) is 0 Å². The van der Waals surface area contributed by atoms with Gasteiger partial charge in [-0.1, -0.05) is 0 Å². The van der Waals surface area contributed by atoms with Crippen LogP contribution in [-0.4, -0.2) is 21.1 Å². The summed E-state index contributed by atoms with van der Waals surface area (Å²) in [6, 6.07) is 1.26. The number of nitrogens with zero attached hydrogens (tertiary/aromatic N) is 2. The number of amides is 1. The smallest absolute Gasteiger partial charge is 0.237 e. The SMILES string of the molecule is CC(C)(C(=O)Nc1ncc(Br)cc1F)c1csc(NSC2CC2)n1. The van der Waals surface area contributed by atoms with Crippen LogP contribution >= 0.6 is 39.2 Å². The van der Waals surface area contributed by atoms with Gasteiger partial charge in [-0.05, 0) is 60.6 Å². The fraction of sp³-hybridized carbons (Fsp3) is 0.400. The van der Waals surface area contributed by atoms with Crippen LogP contribution in [0.4, 0.5) is 15.3 Å². The first-order valence-corrected chi connectivity index (χ1v) is 9.91. The van der Waals surface area contributed by atoms with Crippen LogP contribution in [0.2, 0.25) is 0 Å². The van der Waals surface area contributed by atoms with E-state index in [0.29, 0.717) is 15.4 Å². The zero-order valence-electron chi connectivity index (χ0n) is 13.1. The number of carbonyl (C=O) groups excluding carboxylic acids is 1. The highest BCUT2D eigenvalue weighted by molar-refractivity contribution is 9.10. The summed E-state index contributed by atoms with van der Waals surface area (Å²) in [5.74, 6) is -1.04. The molecule has 1 saturated carbocycles. The number of hydrogen-bond donors (Lipinski definition) is 2. The molecule has 1 aliphatic carbocycles. The Morgan fingerprint density at radius 3 is 2.92 bits per heavy atom. The lowest BCUT2D eigenvalue weighted by Gasteiger charge is -2.21. The third-order valence-electron chi connectivity index (χ3n) is 3.59. The van der Waals surface area contributed by atoms with E-state index in [9.17, 15) is 9.18 Å². The first kappa shape index (κ1) is 17.6. The quantitative estimate of drug-likeness (QED) is 0.656. The second kappa shape index (κ2) is 6.97. The molecule has 1 aliphatic rings. The molecule has 0 saturated heterocycles. The summed E-state index contributed by atoms with van der Waals surface area (Å²) in [7, 11) is 0. The fourth-order valence-corrected chi connectivity index (χ4v) is 3.86. The Balaban J connectivity index is 1.69. The molecule has 0 atom stereocenters. The fourth-order valence-electron chi connectivity index (χ4n) is 1.81. The number of aromatic nitrogens is 2. The molecule has 0 aliphatic heterocycles. The van der Waals surface area contributed by atoms with Crippen LogP contribution < -0.4 is 10.0 Å². The molecule has 24 heavy (non-hydrogen) atoms. The molecule has 3 rings (SSSR count). The minimum absolute atomic E-state index is 0.0888. The predicted molar refractivity (Wildman–Crippen MR) is 99.9 cm³/mol. The van der Waals surface area contributed by atoms with Crippen molar-refractivity contribution >= 4 is 56.1 Å². The molecule has 1 fully saturated rings. The Morgan fingerprint density at radius 1 is 1.50 bits per heavy atom. The number of pyridine rings is 1. The number of thiazole rings is 1. The molecule has 9 heteroatoms. The van der Waals surface area contributed by atoms with E-state index < -0.39 is 11.2 Å². The average Bonchev–Trinajstić information content (AvgIpc) is 3.23. The lowest BCUT2D eigenvalue weighted by atomic mass is 9.89. The van der Waals surface area contributed by atoms with Crippen LogP contribution in [0.15, 0.2) is 22.1 Å². The van der Waals surface area contributed by atoms with Crippen molar-refractivity contribution in [3.05, 3.63) is 33.6 Å². The summed E-state index contributed by atoms with van der Waals surface area (Å²) in [4.78, 5) is 21.0. The number of hydrogen-bond acceptors (Lipinski definition) is 6. The maximum Gasteiger partial charge on any atom is 0.237 e. The second-order valence-corrected chi connectivity index (χ2v) is 8.90. The largest absolute Gasteiger partial charge is 0.307 e. The molecule has 2 aromatic heterocycles. The maximum absolute atomic E-state index is 13.9. The Kier molecular flexibility index (Phi) is 5.12. The van der Waals surface area contributed by atoms with E-state index in [1.54, 1.807) is 25.8 Å². The Bertz CT molecular complexity index is 764. The summed E-state index contributed by atoms with van der Waals surface area (Å²) >= 11 is 6.26. The molecule has 2 aromatic rings. The highest BCUT2D eigenvalue weighted by Crippen LogP contribution is 2.36. The van der Waals surface area contributed by atoms with Gasteiger partial charge in [0.2, 0.25) is 5.91 Å². The molecule has 0 aromatic carbocycles. The summed E-state index contributed by atoms with van der Waals surface area (Å²) in [6.45, 7) is 3.51. The van der Waals surface area contributed by atoms with Gasteiger partial charge in [-0.2, -0.15) is 0 Å². The van der Waals surface area contributed by atoms with Crippen molar-refractivity contribution in [1.82, 2.24) is 9.97 Å². The van der Waals surface area contributed by atoms with Crippen LogP contribution in [0.25, 0.3) is 0 Å². The van der Waals surface area contributed by atoms with Crippen molar-refractivity contribution in [1.29, 1.82) is 0 Å². The standard InChI is InChI=1S/C15H16BrFN4OS2/c1-15(2,11-7-23-14(19-11)21-24-9-3-4-9)13(22)20-12-10(17)5-8(16)6-18-12/h5-7,9H,3-4H2,1-2H3,(H,19,21)(H,18,20,22). The molecule has 2 heterocycles. The van der Waals surface area contributed by atoms with E-state index in [1.165, 1.54) is 36.4 Å². The van der Waals surface area contributed by atoms with Crippen LogP contribution in [0, 0.1) is 5.82 Å². The topological polar surface area (TPSA) is 66.9 Å². The van der Waals surface area contributed by atoms with Crippen molar-refractivity contribution in [3.8, 4) is 0 Å². The van der Waals surface area contributed by atoms with Gasteiger partial charge in [0.25, 0.3) is 0 Å². The van der Waals surface area contributed by atoms with Crippen molar-refractivity contribution in [2.75, 3.05) is 10.0 Å². The third-order valence-corrected chi connectivity index (χ3v) is 6.03. The number of carbonyl (C=O) groups is 1. The molecule has 5 nitrogen and oxygen atoms in total. The second-order valence-electron chi connectivity index (χ2n) is 6.02. The number of halogens is 2. The molecular formula is C15H16BrFN4OS2. The van der Waals surface area contributed by atoms with E-state index >= 15 is 0 Å². The van der Waals surface area contributed by atoms with Crippen LogP contribution in [0.1, 0.15) is 32.4 Å². The van der Waals surface area contributed by atoms with E-state index in [-0.39, 0.29) is 11.7 Å². The van der Waals surface area contributed by atoms with E-state index in [4.69, 9.17) is 0 Å². The highest BCUT2D eigenvalue weighted by Gasteiger charge is 2.33. The lowest BCUT2D eigenvalue weighted by molar-refractivity contribution is -0.120. The van der Waals surface area contributed by atoms with Crippen LogP contribution in [0.3, 0.4) is 0 Å². The Labute approximate surface area is 156 Å². The van der Waals surface area contributed by atoms with Gasteiger partial charge in [-0.25, -0.2) is 14.4 Å². The number of nitrogens with one attached hydrogen (secondary N) is 2. The summed E-state index contributed by atoms with van der Waals surface area (Å²) in [6.07, 6.45) is 3.90. The Hall–Kier alpha value is -1.19. The molecule has 0 unspecified atom stereocenters. The molecule has 128 valence electrons. The van der Waals surface area contributed by atoms with Gasteiger partial charge >= 0.3 is 0 Å². The van der Waals surface area contributed by atoms with Crippen LogP contribution in [-0.2, 0) is 10.2 Å². The highest BCUT2D eigenvalue weighted by atomic mass is 79.9. The van der Waals surface area contributed by atoms with Crippen molar-refractivity contribution < 1.29 is 9.18 Å². The van der Waals surface area contributed by atoms with Gasteiger partial charge in [0, 0.05) is 21.3 Å². The van der Waals surface area contributed by atoms with Crippen LogP contribution in [0.5, 0.6) is 0 Å². The average molecular weight is 431 g/mol. The minimum atomic E-state index is -0.901.